The second-order valence-corrected chi connectivity index (χ2v) is 10.9. The molecule has 5 aromatic rings. The molecule has 3 aromatic heterocycles. The Balaban J connectivity index is 1.05. The molecule has 2 aromatic carbocycles. The summed E-state index contributed by atoms with van der Waals surface area (Å²) in [4.78, 5) is 10.7. The molecule has 0 saturated heterocycles. The normalized spacial score (nSPS) is 14.7. The van der Waals surface area contributed by atoms with Crippen LogP contribution in [-0.4, -0.2) is 55.0 Å². The molecule has 0 atom stereocenters. The minimum atomic E-state index is -4.58. The largest absolute Gasteiger partial charge is 0.468 e. The second kappa shape index (κ2) is 10.3. The fourth-order valence-electron chi connectivity index (χ4n) is 5.12. The van der Waals surface area contributed by atoms with Gasteiger partial charge in [0.1, 0.15) is 5.52 Å². The Bertz CT molecular complexity index is 1620. The van der Waals surface area contributed by atoms with Gasteiger partial charge < -0.3 is 13.9 Å². The van der Waals surface area contributed by atoms with Gasteiger partial charge in [-0.25, -0.2) is 4.98 Å². The van der Waals surface area contributed by atoms with Crippen molar-refractivity contribution in [2.24, 2.45) is 7.05 Å². The fourth-order valence-corrected chi connectivity index (χ4v) is 5.95. The van der Waals surface area contributed by atoms with E-state index in [2.05, 4.69) is 37.2 Å². The highest BCUT2D eigenvalue weighted by molar-refractivity contribution is 7.99. The summed E-state index contributed by atoms with van der Waals surface area (Å²) < 4.78 is 45.9. The first-order valence-electron chi connectivity index (χ1n) is 12.9. The molecule has 1 aliphatic heterocycles. The average molecular weight is 553 g/mol. The Kier molecular flexibility index (Phi) is 6.80. The van der Waals surface area contributed by atoms with Crippen molar-refractivity contribution < 1.29 is 17.6 Å². The number of benzene rings is 2. The summed E-state index contributed by atoms with van der Waals surface area (Å²) in [5.74, 6) is 0.542. The van der Waals surface area contributed by atoms with E-state index in [0.29, 0.717) is 0 Å². The van der Waals surface area contributed by atoms with E-state index in [9.17, 15) is 13.2 Å². The summed E-state index contributed by atoms with van der Waals surface area (Å²) in [6, 6.07) is 13.6. The summed E-state index contributed by atoms with van der Waals surface area (Å²) in [5, 5.41) is 10.9. The van der Waals surface area contributed by atoms with Gasteiger partial charge in [-0.15, -0.1) is 10.2 Å². The molecule has 1 aliphatic rings. The van der Waals surface area contributed by atoms with Crippen molar-refractivity contribution in [3.05, 3.63) is 65.2 Å². The summed E-state index contributed by atoms with van der Waals surface area (Å²) in [7, 11) is 1.99. The van der Waals surface area contributed by atoms with Crippen LogP contribution in [0, 0.1) is 6.92 Å². The van der Waals surface area contributed by atoms with Crippen LogP contribution < -0.4 is 0 Å². The van der Waals surface area contributed by atoms with Crippen LogP contribution in [0.25, 0.3) is 33.4 Å². The van der Waals surface area contributed by atoms with Crippen LogP contribution in [0.2, 0.25) is 0 Å². The lowest BCUT2D eigenvalue weighted by molar-refractivity contribution is -0.156. The third kappa shape index (κ3) is 5.25. The maximum absolute atomic E-state index is 13.0. The highest BCUT2D eigenvalue weighted by Crippen LogP contribution is 2.33. The minimum absolute atomic E-state index is 0.198. The highest BCUT2D eigenvalue weighted by atomic mass is 32.2. The van der Waals surface area contributed by atoms with E-state index in [1.165, 1.54) is 0 Å². The van der Waals surface area contributed by atoms with Gasteiger partial charge in [0.2, 0.25) is 0 Å². The van der Waals surface area contributed by atoms with Crippen LogP contribution in [0.15, 0.2) is 52.0 Å². The van der Waals surface area contributed by atoms with Crippen LogP contribution in [0.3, 0.4) is 0 Å². The van der Waals surface area contributed by atoms with E-state index in [1.54, 1.807) is 23.9 Å². The molecule has 0 fully saturated rings. The number of rotatable bonds is 6. The number of pyridine rings is 1. The van der Waals surface area contributed by atoms with Crippen molar-refractivity contribution in [2.75, 3.05) is 25.4 Å². The van der Waals surface area contributed by atoms with E-state index in [4.69, 9.17) is 4.42 Å². The van der Waals surface area contributed by atoms with E-state index < -0.39 is 12.1 Å². The van der Waals surface area contributed by atoms with Crippen molar-refractivity contribution in [2.45, 2.75) is 37.5 Å². The predicted molar refractivity (Wildman–Crippen MR) is 145 cm³/mol. The number of thioether (sulfide) groups is 1. The molecule has 11 heteroatoms. The van der Waals surface area contributed by atoms with Crippen molar-refractivity contribution in [1.29, 1.82) is 0 Å². The summed E-state index contributed by atoms with van der Waals surface area (Å²) in [6.45, 7) is 4.63. The van der Waals surface area contributed by atoms with Crippen molar-refractivity contribution >= 4 is 33.8 Å². The maximum atomic E-state index is 13.0. The molecule has 0 amide bonds. The van der Waals surface area contributed by atoms with Crippen LogP contribution >= 0.6 is 11.8 Å². The standard InChI is InChI=1S/C28H27F3N6OS/c1-17-7-8-20-21(5-3-6-22(20)32-17)25-34-35-27(36(25)2)39-14-4-11-37-12-9-18-15-23-24(16-19(18)10-13-37)38-26(33-23)28(29,30)31/h3,5-8,15-16H,4,9-14H2,1-2H3. The average Bonchev–Trinajstić information content (AvgIpc) is 3.43. The van der Waals surface area contributed by atoms with Gasteiger partial charge in [0.05, 0.1) is 5.52 Å². The molecule has 0 unspecified atom stereocenters. The number of aromatic nitrogens is 5. The van der Waals surface area contributed by atoms with Gasteiger partial charge in [-0.3, -0.25) is 4.98 Å². The monoisotopic (exact) mass is 552 g/mol. The first kappa shape index (κ1) is 25.8. The molecule has 0 saturated carbocycles. The minimum Gasteiger partial charge on any atom is -0.433 e. The Morgan fingerprint density at radius 3 is 2.56 bits per heavy atom. The third-order valence-electron chi connectivity index (χ3n) is 7.14. The molecule has 202 valence electrons. The summed E-state index contributed by atoms with van der Waals surface area (Å²) >= 11 is 1.69. The zero-order chi connectivity index (χ0) is 27.1. The van der Waals surface area contributed by atoms with Crippen LogP contribution in [0.1, 0.15) is 29.1 Å². The number of nitrogens with zero attached hydrogens (tertiary/aromatic N) is 6. The summed E-state index contributed by atoms with van der Waals surface area (Å²) in [5.41, 5.74) is 5.49. The molecule has 0 radical (unpaired) electrons. The molecular formula is C28H27F3N6OS. The molecule has 7 nitrogen and oxygen atoms in total. The molecule has 39 heavy (non-hydrogen) atoms. The van der Waals surface area contributed by atoms with E-state index in [0.717, 1.165) is 88.9 Å². The van der Waals surface area contributed by atoms with Gasteiger partial charge >= 0.3 is 12.1 Å². The molecule has 0 spiro atoms. The molecular weight excluding hydrogens is 525 g/mol. The first-order chi connectivity index (χ1) is 18.8. The van der Waals surface area contributed by atoms with Crippen LogP contribution in [0.5, 0.6) is 0 Å². The lowest BCUT2D eigenvalue weighted by atomic mass is 10.0. The fraction of sp³-hybridized carbons (Fsp3) is 0.357. The topological polar surface area (TPSA) is 72.9 Å². The van der Waals surface area contributed by atoms with Crippen molar-refractivity contribution in [1.82, 2.24) is 29.6 Å². The van der Waals surface area contributed by atoms with E-state index >= 15 is 0 Å². The van der Waals surface area contributed by atoms with Crippen molar-refractivity contribution in [3.8, 4) is 11.4 Å². The number of oxazole rings is 1. The Labute approximate surface area is 227 Å². The van der Waals surface area contributed by atoms with Gasteiger partial charge in [-0.2, -0.15) is 13.2 Å². The quantitative estimate of drug-likeness (QED) is 0.187. The number of hydrogen-bond acceptors (Lipinski definition) is 7. The highest BCUT2D eigenvalue weighted by Gasteiger charge is 2.37. The number of halogens is 3. The smallest absolute Gasteiger partial charge is 0.433 e. The van der Waals surface area contributed by atoms with Gasteiger partial charge in [-0.1, -0.05) is 30.0 Å². The number of fused-ring (bicyclic) bond motifs is 3. The second-order valence-electron chi connectivity index (χ2n) is 9.84. The SMILES string of the molecule is Cc1ccc2c(-c3nnc(SCCCN4CCc5cc6nc(C(F)(F)F)oc6cc5CC4)n3C)cccc2n1. The Hall–Kier alpha value is -3.44. The number of hydrogen-bond donors (Lipinski definition) is 0. The van der Waals surface area contributed by atoms with Crippen molar-refractivity contribution in [3.63, 3.8) is 0 Å². The van der Waals surface area contributed by atoms with Gasteiger partial charge in [0, 0.05) is 42.5 Å². The summed E-state index contributed by atoms with van der Waals surface area (Å²) in [6.07, 6.45) is -2.05. The Morgan fingerprint density at radius 1 is 0.974 bits per heavy atom. The lowest BCUT2D eigenvalue weighted by Gasteiger charge is -2.19. The molecule has 0 N–H and O–H groups in total. The molecule has 6 rings (SSSR count). The number of aryl methyl sites for hydroxylation is 1. The zero-order valence-corrected chi connectivity index (χ0v) is 22.4. The maximum Gasteiger partial charge on any atom is 0.468 e. The van der Waals surface area contributed by atoms with Crippen LogP contribution in [-0.2, 0) is 26.1 Å². The van der Waals surface area contributed by atoms with Gasteiger partial charge in [-0.05, 0) is 68.1 Å². The van der Waals surface area contributed by atoms with Gasteiger partial charge in [0.15, 0.2) is 16.6 Å². The van der Waals surface area contributed by atoms with Gasteiger partial charge in [0.25, 0.3) is 0 Å². The Morgan fingerprint density at radius 2 is 1.77 bits per heavy atom. The lowest BCUT2D eigenvalue weighted by Crippen LogP contribution is -2.27. The molecule has 4 heterocycles. The predicted octanol–water partition coefficient (Wildman–Crippen LogP) is 6.08. The third-order valence-corrected chi connectivity index (χ3v) is 8.25. The zero-order valence-electron chi connectivity index (χ0n) is 21.6. The first-order valence-corrected chi connectivity index (χ1v) is 13.9. The van der Waals surface area contributed by atoms with Crippen LogP contribution in [0.4, 0.5) is 13.2 Å². The molecule has 0 bridgehead atoms. The van der Waals surface area contributed by atoms with E-state index in [-0.39, 0.29) is 11.1 Å². The van der Waals surface area contributed by atoms with E-state index in [1.807, 2.05) is 36.7 Å². The number of alkyl halides is 3. The molecule has 0 aliphatic carbocycles.